The number of quaternary nitrogens is 1. The highest BCUT2D eigenvalue weighted by Crippen LogP contribution is 2.15. The standard InChI is InChI=1S/C57H99NO7/c1-6-8-10-12-14-16-18-20-22-24-26-27-28-30-32-34-36-38-40-42-44-46-48-56(60)65-53(51-63-50-49-54(57(61)62)58(3,4)5)52-64-55(59)47-45-43-41-39-37-35-33-31-29-25-23-21-19-17-15-13-11-9-7-2/h8,10,14,16,20,22,25-27,29-30,32,53-54H,6-7,9,11-13,15,17-19,21,23-24,28,31,33-52H2,1-5H3/b10-8+,16-14+,22-20+,27-26+,29-25+,32-30+. The number of likely N-dealkylation sites (N-methyl/N-ethyl adjacent to an activating group) is 1. The smallest absolute Gasteiger partial charge is 0.306 e. The van der Waals surface area contributed by atoms with Crippen LogP contribution in [0, 0.1) is 0 Å². The molecule has 374 valence electrons. The Hall–Kier alpha value is -3.23. The van der Waals surface area contributed by atoms with E-state index in [9.17, 15) is 19.5 Å². The zero-order valence-electron chi connectivity index (χ0n) is 42.6. The molecule has 0 aliphatic rings. The first-order valence-corrected chi connectivity index (χ1v) is 26.5. The first-order valence-electron chi connectivity index (χ1n) is 26.5. The molecule has 0 saturated heterocycles. The fraction of sp³-hybridized carbons (Fsp3) is 0.737. The maximum Gasteiger partial charge on any atom is 0.306 e. The van der Waals surface area contributed by atoms with Crippen LogP contribution in [0.25, 0.3) is 0 Å². The van der Waals surface area contributed by atoms with E-state index in [1.807, 2.05) is 0 Å². The minimum Gasteiger partial charge on any atom is -0.544 e. The molecule has 0 heterocycles. The second-order valence-electron chi connectivity index (χ2n) is 18.7. The van der Waals surface area contributed by atoms with Crippen molar-refractivity contribution in [2.24, 2.45) is 0 Å². The maximum absolute atomic E-state index is 12.8. The molecule has 8 heteroatoms. The van der Waals surface area contributed by atoms with Crippen molar-refractivity contribution in [3.63, 3.8) is 0 Å². The molecule has 0 rings (SSSR count). The summed E-state index contributed by atoms with van der Waals surface area (Å²) in [6.45, 7) is 4.54. The zero-order chi connectivity index (χ0) is 47.7. The lowest BCUT2D eigenvalue weighted by Crippen LogP contribution is -2.55. The van der Waals surface area contributed by atoms with E-state index in [1.165, 1.54) is 103 Å². The van der Waals surface area contributed by atoms with Gasteiger partial charge < -0.3 is 28.6 Å². The number of nitrogens with zero attached hydrogens (tertiary/aromatic N) is 1. The average Bonchev–Trinajstić information content (AvgIpc) is 3.27. The van der Waals surface area contributed by atoms with E-state index >= 15 is 0 Å². The van der Waals surface area contributed by atoms with Crippen LogP contribution in [-0.4, -0.2) is 75.5 Å². The highest BCUT2D eigenvalue weighted by atomic mass is 16.6. The number of unbranched alkanes of at least 4 members (excludes halogenated alkanes) is 21. The molecule has 2 unspecified atom stereocenters. The lowest BCUT2D eigenvalue weighted by Gasteiger charge is -2.34. The van der Waals surface area contributed by atoms with Gasteiger partial charge in [0.15, 0.2) is 6.10 Å². The summed E-state index contributed by atoms with van der Waals surface area (Å²) < 4.78 is 17.2. The number of carbonyl (C=O) groups is 3. The van der Waals surface area contributed by atoms with Gasteiger partial charge >= 0.3 is 11.9 Å². The second-order valence-corrected chi connectivity index (χ2v) is 18.7. The molecular formula is C57H99NO7. The number of carboxylic acids is 1. The van der Waals surface area contributed by atoms with Gasteiger partial charge in [-0.1, -0.05) is 189 Å². The molecular weight excluding hydrogens is 811 g/mol. The predicted molar refractivity (Wildman–Crippen MR) is 272 cm³/mol. The van der Waals surface area contributed by atoms with Crippen molar-refractivity contribution in [3.8, 4) is 0 Å². The summed E-state index contributed by atoms with van der Waals surface area (Å²) >= 11 is 0. The third-order valence-electron chi connectivity index (χ3n) is 11.6. The lowest BCUT2D eigenvalue weighted by molar-refractivity contribution is -0.889. The largest absolute Gasteiger partial charge is 0.544 e. The molecule has 0 aromatic heterocycles. The van der Waals surface area contributed by atoms with Gasteiger partial charge in [-0.15, -0.1) is 0 Å². The van der Waals surface area contributed by atoms with Crippen LogP contribution in [0.5, 0.6) is 0 Å². The van der Waals surface area contributed by atoms with Crippen molar-refractivity contribution in [1.82, 2.24) is 0 Å². The number of hydrogen-bond acceptors (Lipinski definition) is 7. The summed E-state index contributed by atoms with van der Waals surface area (Å²) in [5.74, 6) is -1.76. The van der Waals surface area contributed by atoms with Crippen molar-refractivity contribution in [2.45, 2.75) is 231 Å². The number of ether oxygens (including phenoxy) is 3. The molecule has 0 aromatic carbocycles. The van der Waals surface area contributed by atoms with Crippen LogP contribution in [0.2, 0.25) is 0 Å². The Balaban J connectivity index is 4.28. The van der Waals surface area contributed by atoms with E-state index in [0.29, 0.717) is 12.8 Å². The Morgan fingerprint density at radius 1 is 0.477 bits per heavy atom. The van der Waals surface area contributed by atoms with Crippen LogP contribution < -0.4 is 5.11 Å². The van der Waals surface area contributed by atoms with Crippen LogP contribution in [-0.2, 0) is 28.6 Å². The Bertz CT molecular complexity index is 1290. The molecule has 0 spiro atoms. The van der Waals surface area contributed by atoms with Gasteiger partial charge in [-0.3, -0.25) is 9.59 Å². The summed E-state index contributed by atoms with van der Waals surface area (Å²) in [4.78, 5) is 37.1. The molecule has 65 heavy (non-hydrogen) atoms. The third kappa shape index (κ3) is 45.7. The van der Waals surface area contributed by atoms with Crippen molar-refractivity contribution < 1.29 is 38.2 Å². The minimum atomic E-state index is -1.13. The first kappa shape index (κ1) is 61.8. The van der Waals surface area contributed by atoms with Crippen molar-refractivity contribution in [1.29, 1.82) is 0 Å². The summed E-state index contributed by atoms with van der Waals surface area (Å²) in [5.41, 5.74) is 0. The fourth-order valence-electron chi connectivity index (χ4n) is 7.50. The highest BCUT2D eigenvalue weighted by molar-refractivity contribution is 5.70. The molecule has 0 saturated carbocycles. The molecule has 0 aromatic rings. The van der Waals surface area contributed by atoms with Crippen LogP contribution in [0.1, 0.15) is 219 Å². The van der Waals surface area contributed by atoms with Gasteiger partial charge in [0.25, 0.3) is 0 Å². The number of aliphatic carboxylic acids is 1. The molecule has 0 radical (unpaired) electrons. The Morgan fingerprint density at radius 2 is 0.862 bits per heavy atom. The average molecular weight is 910 g/mol. The van der Waals surface area contributed by atoms with Gasteiger partial charge in [-0.25, -0.2) is 0 Å². The van der Waals surface area contributed by atoms with Crippen molar-refractivity contribution in [2.75, 3.05) is 41.0 Å². The number of hydrogen-bond donors (Lipinski definition) is 0. The van der Waals surface area contributed by atoms with Crippen molar-refractivity contribution >= 4 is 17.9 Å². The fourth-order valence-corrected chi connectivity index (χ4v) is 7.50. The van der Waals surface area contributed by atoms with Crippen molar-refractivity contribution in [3.05, 3.63) is 72.9 Å². The SMILES string of the molecule is CC/C=C/C/C=C/C/C=C/C/C=C/C/C=C/CCCCCCCCC(=O)OC(COCCC(C(=O)[O-])[N+](C)(C)C)COC(=O)CCCCCCCCC/C=C/CCCCCCCCCC. The summed E-state index contributed by atoms with van der Waals surface area (Å²) in [7, 11) is 5.41. The van der Waals surface area contributed by atoms with E-state index in [-0.39, 0.29) is 42.7 Å². The van der Waals surface area contributed by atoms with Gasteiger partial charge in [0.2, 0.25) is 0 Å². The topological polar surface area (TPSA) is 102 Å². The monoisotopic (exact) mass is 910 g/mol. The molecule has 0 N–H and O–H groups in total. The van der Waals surface area contributed by atoms with Gasteiger partial charge in [-0.2, -0.15) is 0 Å². The summed E-state index contributed by atoms with van der Waals surface area (Å²) in [6.07, 6.45) is 60.7. The summed E-state index contributed by atoms with van der Waals surface area (Å²) in [6, 6.07) is -0.733. The Morgan fingerprint density at radius 3 is 1.29 bits per heavy atom. The van der Waals surface area contributed by atoms with E-state index < -0.39 is 18.1 Å². The predicted octanol–water partition coefficient (Wildman–Crippen LogP) is 14.1. The molecule has 8 nitrogen and oxygen atoms in total. The molecule has 0 bridgehead atoms. The molecule has 0 fully saturated rings. The highest BCUT2D eigenvalue weighted by Gasteiger charge is 2.25. The number of carbonyl (C=O) groups excluding carboxylic acids is 3. The van der Waals surface area contributed by atoms with E-state index in [2.05, 4.69) is 86.8 Å². The number of carboxylic acid groups (broad SMARTS) is 1. The van der Waals surface area contributed by atoms with Gasteiger partial charge in [0, 0.05) is 19.3 Å². The van der Waals surface area contributed by atoms with Gasteiger partial charge in [-0.05, 0) is 83.5 Å². The third-order valence-corrected chi connectivity index (χ3v) is 11.6. The van der Waals surface area contributed by atoms with Crippen LogP contribution >= 0.6 is 0 Å². The molecule has 0 amide bonds. The Kier molecular flexibility index (Phi) is 44.9. The van der Waals surface area contributed by atoms with Crippen LogP contribution in [0.15, 0.2) is 72.9 Å². The minimum absolute atomic E-state index is 0.0306. The quantitative estimate of drug-likeness (QED) is 0.0259. The number of esters is 2. The van der Waals surface area contributed by atoms with Gasteiger partial charge in [0.1, 0.15) is 12.6 Å². The van der Waals surface area contributed by atoms with Crippen LogP contribution in [0.4, 0.5) is 0 Å². The molecule has 2 atom stereocenters. The number of rotatable bonds is 47. The lowest BCUT2D eigenvalue weighted by atomic mass is 10.1. The normalized spacial score (nSPS) is 13.4. The summed E-state index contributed by atoms with van der Waals surface area (Å²) in [5, 5.41) is 11.7. The van der Waals surface area contributed by atoms with Crippen LogP contribution in [0.3, 0.4) is 0 Å². The second kappa shape index (κ2) is 47.3. The maximum atomic E-state index is 12.8. The zero-order valence-corrected chi connectivity index (χ0v) is 42.6. The number of allylic oxidation sites excluding steroid dienone is 12. The first-order chi connectivity index (χ1) is 31.6. The van der Waals surface area contributed by atoms with E-state index in [0.717, 1.165) is 83.5 Å². The Labute approximate surface area is 400 Å². The van der Waals surface area contributed by atoms with E-state index in [1.54, 1.807) is 21.1 Å². The van der Waals surface area contributed by atoms with E-state index in [4.69, 9.17) is 14.2 Å². The van der Waals surface area contributed by atoms with Gasteiger partial charge in [0.05, 0.1) is 40.3 Å². The molecule has 0 aliphatic heterocycles. The molecule has 0 aliphatic carbocycles.